The summed E-state index contributed by atoms with van der Waals surface area (Å²) in [5.41, 5.74) is 0. The quantitative estimate of drug-likeness (QED) is 0.823. The van der Waals surface area contributed by atoms with Crippen molar-refractivity contribution in [2.24, 2.45) is 5.92 Å². The van der Waals surface area contributed by atoms with E-state index in [9.17, 15) is 13.2 Å². The number of thiophene rings is 1. The maximum Gasteiger partial charge on any atom is 0.281 e. The van der Waals surface area contributed by atoms with Gasteiger partial charge in [-0.25, -0.2) is 0 Å². The SMILES string of the molecule is O=C(NCCc1cccs1)C1CCN(S(=O)(=O)N2CCCC2)CC1. The molecule has 0 saturated carbocycles. The Balaban J connectivity index is 1.43. The van der Waals surface area contributed by atoms with Crippen molar-refractivity contribution in [3.63, 3.8) is 0 Å². The fraction of sp³-hybridized carbons (Fsp3) is 0.688. The molecule has 1 N–H and O–H groups in total. The Bertz CT molecular complexity index is 632. The Morgan fingerprint density at radius 3 is 2.46 bits per heavy atom. The van der Waals surface area contributed by atoms with Crippen molar-refractivity contribution < 1.29 is 13.2 Å². The zero-order valence-corrected chi connectivity index (χ0v) is 15.4. The van der Waals surface area contributed by atoms with E-state index >= 15 is 0 Å². The largest absolute Gasteiger partial charge is 0.355 e. The first-order valence-corrected chi connectivity index (χ1v) is 10.9. The molecule has 3 rings (SSSR count). The van der Waals surface area contributed by atoms with Gasteiger partial charge in [-0.2, -0.15) is 17.0 Å². The highest BCUT2D eigenvalue weighted by molar-refractivity contribution is 7.86. The molecule has 0 spiro atoms. The van der Waals surface area contributed by atoms with E-state index in [0.717, 1.165) is 19.3 Å². The first-order valence-electron chi connectivity index (χ1n) is 8.62. The number of carbonyl (C=O) groups excluding carboxylic acids is 1. The molecule has 3 heterocycles. The molecule has 8 heteroatoms. The van der Waals surface area contributed by atoms with Crippen LogP contribution >= 0.6 is 11.3 Å². The van der Waals surface area contributed by atoms with Crippen molar-refractivity contribution in [2.45, 2.75) is 32.1 Å². The first-order chi connectivity index (χ1) is 11.6. The average molecular weight is 372 g/mol. The average Bonchev–Trinajstić information content (AvgIpc) is 3.29. The molecule has 24 heavy (non-hydrogen) atoms. The van der Waals surface area contributed by atoms with Crippen LogP contribution in [0.25, 0.3) is 0 Å². The van der Waals surface area contributed by atoms with Crippen molar-refractivity contribution in [3.8, 4) is 0 Å². The molecule has 134 valence electrons. The van der Waals surface area contributed by atoms with Crippen molar-refractivity contribution in [1.29, 1.82) is 0 Å². The number of nitrogens with zero attached hydrogens (tertiary/aromatic N) is 2. The molecule has 2 fully saturated rings. The fourth-order valence-corrected chi connectivity index (χ4v) is 5.77. The van der Waals surface area contributed by atoms with Crippen LogP contribution in [0.4, 0.5) is 0 Å². The Labute approximate surface area is 148 Å². The van der Waals surface area contributed by atoms with Gasteiger partial charge in [-0.1, -0.05) is 6.07 Å². The molecular formula is C16H25N3O3S2. The standard InChI is InChI=1S/C16H25N3O3S2/c20-16(17-8-5-15-4-3-13-23-15)14-6-11-19(12-7-14)24(21,22)18-9-1-2-10-18/h3-4,13-14H,1-2,5-12H2,(H,17,20). The van der Waals surface area contributed by atoms with Gasteiger partial charge < -0.3 is 5.32 Å². The maximum atomic E-state index is 12.5. The molecule has 0 bridgehead atoms. The summed E-state index contributed by atoms with van der Waals surface area (Å²) in [5, 5.41) is 5.02. The van der Waals surface area contributed by atoms with Gasteiger partial charge in [-0.15, -0.1) is 11.3 Å². The highest BCUT2D eigenvalue weighted by Gasteiger charge is 2.35. The van der Waals surface area contributed by atoms with Gasteiger partial charge in [0.15, 0.2) is 0 Å². The molecule has 2 aliphatic heterocycles. The second-order valence-electron chi connectivity index (χ2n) is 6.41. The van der Waals surface area contributed by atoms with Crippen LogP contribution in [0, 0.1) is 5.92 Å². The first kappa shape index (κ1) is 17.8. The lowest BCUT2D eigenvalue weighted by Crippen LogP contribution is -2.48. The topological polar surface area (TPSA) is 69.7 Å². The zero-order valence-electron chi connectivity index (χ0n) is 13.8. The van der Waals surface area contributed by atoms with E-state index in [1.807, 2.05) is 11.4 Å². The molecule has 1 aromatic rings. The van der Waals surface area contributed by atoms with E-state index in [2.05, 4.69) is 11.4 Å². The number of nitrogens with one attached hydrogen (secondary N) is 1. The van der Waals surface area contributed by atoms with E-state index in [-0.39, 0.29) is 11.8 Å². The molecule has 0 radical (unpaired) electrons. The molecule has 0 aliphatic carbocycles. The lowest BCUT2D eigenvalue weighted by atomic mass is 9.97. The maximum absolute atomic E-state index is 12.5. The summed E-state index contributed by atoms with van der Waals surface area (Å²) >= 11 is 1.70. The van der Waals surface area contributed by atoms with E-state index in [0.29, 0.717) is 45.6 Å². The van der Waals surface area contributed by atoms with Gasteiger partial charge in [0, 0.05) is 43.5 Å². The Morgan fingerprint density at radius 2 is 1.83 bits per heavy atom. The Hall–Kier alpha value is -0.960. The molecule has 2 saturated heterocycles. The van der Waals surface area contributed by atoms with Crippen molar-refractivity contribution in [3.05, 3.63) is 22.4 Å². The van der Waals surface area contributed by atoms with Crippen molar-refractivity contribution in [2.75, 3.05) is 32.7 Å². The summed E-state index contributed by atoms with van der Waals surface area (Å²) < 4.78 is 28.2. The van der Waals surface area contributed by atoms with Crippen molar-refractivity contribution >= 4 is 27.5 Å². The molecule has 2 aliphatic rings. The molecule has 1 aromatic heterocycles. The summed E-state index contributed by atoms with van der Waals surface area (Å²) in [6.45, 7) is 2.80. The summed E-state index contributed by atoms with van der Waals surface area (Å²) in [5.74, 6) is -0.0110. The molecule has 0 unspecified atom stereocenters. The number of carbonyl (C=O) groups is 1. The van der Waals surface area contributed by atoms with Crippen LogP contribution in [-0.4, -0.2) is 55.7 Å². The third kappa shape index (κ3) is 4.17. The fourth-order valence-electron chi connectivity index (χ4n) is 3.34. The van der Waals surface area contributed by atoms with Gasteiger partial charge in [-0.05, 0) is 43.6 Å². The van der Waals surface area contributed by atoms with Crippen LogP contribution in [0.1, 0.15) is 30.6 Å². The molecule has 0 aromatic carbocycles. The zero-order chi connectivity index (χ0) is 17.0. The van der Waals surface area contributed by atoms with Crippen LogP contribution < -0.4 is 5.32 Å². The molecular weight excluding hydrogens is 346 g/mol. The highest BCUT2D eigenvalue weighted by Crippen LogP contribution is 2.23. The van der Waals surface area contributed by atoms with Gasteiger partial charge in [-0.3, -0.25) is 4.79 Å². The number of amides is 1. The molecule has 1 amide bonds. The van der Waals surface area contributed by atoms with Gasteiger partial charge in [0.2, 0.25) is 5.91 Å². The van der Waals surface area contributed by atoms with E-state index in [4.69, 9.17) is 0 Å². The smallest absolute Gasteiger partial charge is 0.281 e. The van der Waals surface area contributed by atoms with Crippen LogP contribution in [0.3, 0.4) is 0 Å². The number of hydrogen-bond acceptors (Lipinski definition) is 4. The second-order valence-corrected chi connectivity index (χ2v) is 9.37. The van der Waals surface area contributed by atoms with Crippen molar-refractivity contribution in [1.82, 2.24) is 13.9 Å². The minimum Gasteiger partial charge on any atom is -0.355 e. The monoisotopic (exact) mass is 371 g/mol. The summed E-state index contributed by atoms with van der Waals surface area (Å²) in [6.07, 6.45) is 3.96. The third-order valence-electron chi connectivity index (χ3n) is 4.79. The van der Waals surface area contributed by atoms with E-state index < -0.39 is 10.2 Å². The Morgan fingerprint density at radius 1 is 1.17 bits per heavy atom. The van der Waals surface area contributed by atoms with Crippen LogP contribution in [0.2, 0.25) is 0 Å². The van der Waals surface area contributed by atoms with Crippen LogP contribution in [0.15, 0.2) is 17.5 Å². The molecule has 0 atom stereocenters. The second kappa shape index (κ2) is 7.95. The van der Waals surface area contributed by atoms with Gasteiger partial charge in [0.05, 0.1) is 0 Å². The predicted octanol–water partition coefficient (Wildman–Crippen LogP) is 1.46. The van der Waals surface area contributed by atoms with Gasteiger partial charge >= 0.3 is 0 Å². The van der Waals surface area contributed by atoms with E-state index in [1.54, 1.807) is 19.9 Å². The number of rotatable bonds is 6. The summed E-state index contributed by atoms with van der Waals surface area (Å²) in [7, 11) is -3.32. The lowest BCUT2D eigenvalue weighted by molar-refractivity contribution is -0.126. The Kier molecular flexibility index (Phi) is 5.91. The predicted molar refractivity (Wildman–Crippen MR) is 95.1 cm³/mol. The number of piperidine rings is 1. The normalized spacial score (nSPS) is 21.2. The van der Waals surface area contributed by atoms with E-state index in [1.165, 1.54) is 4.88 Å². The van der Waals surface area contributed by atoms with Gasteiger partial charge in [0.1, 0.15) is 0 Å². The van der Waals surface area contributed by atoms with Crippen LogP contribution in [0.5, 0.6) is 0 Å². The summed E-state index contributed by atoms with van der Waals surface area (Å²) in [4.78, 5) is 13.5. The third-order valence-corrected chi connectivity index (χ3v) is 7.76. The number of hydrogen-bond donors (Lipinski definition) is 1. The molecule has 6 nitrogen and oxygen atoms in total. The minimum atomic E-state index is -3.32. The van der Waals surface area contributed by atoms with Crippen LogP contribution in [-0.2, 0) is 21.4 Å². The summed E-state index contributed by atoms with van der Waals surface area (Å²) in [6, 6.07) is 4.08. The van der Waals surface area contributed by atoms with Gasteiger partial charge in [0.25, 0.3) is 10.2 Å². The highest BCUT2D eigenvalue weighted by atomic mass is 32.2. The minimum absolute atomic E-state index is 0.0600. The lowest BCUT2D eigenvalue weighted by Gasteiger charge is -2.33.